The second-order valence-corrected chi connectivity index (χ2v) is 6.32. The third kappa shape index (κ3) is 4.54. The van der Waals surface area contributed by atoms with E-state index in [1.807, 2.05) is 6.08 Å². The molecule has 146 valence electrons. The fourth-order valence-corrected chi connectivity index (χ4v) is 2.94. The number of nitrogens with two attached hydrogens (primary N) is 1. The number of alkyl halides is 3. The highest BCUT2D eigenvalue weighted by Gasteiger charge is 2.31. The van der Waals surface area contributed by atoms with Crippen LogP contribution < -0.4 is 5.73 Å². The average molecular weight is 384 g/mol. The number of primary amides is 1. The molecule has 6 nitrogen and oxygen atoms in total. The van der Waals surface area contributed by atoms with Crippen molar-refractivity contribution in [3.05, 3.63) is 47.4 Å². The summed E-state index contributed by atoms with van der Waals surface area (Å²) in [7, 11) is 0. The Hall–Kier alpha value is -2.68. The minimum Gasteiger partial charge on any atom is -0.487 e. The van der Waals surface area contributed by atoms with Gasteiger partial charge in [-0.25, -0.2) is 9.86 Å². The molecular weight excluding hydrogens is 365 g/mol. The van der Waals surface area contributed by atoms with Gasteiger partial charge in [0.15, 0.2) is 6.10 Å². The summed E-state index contributed by atoms with van der Waals surface area (Å²) in [6.07, 6.45) is -0.454. The minimum atomic E-state index is -4.40. The van der Waals surface area contributed by atoms with Crippen LogP contribution in [-0.4, -0.2) is 22.8 Å². The SMILES string of the molecule is NC(=O)N(O)CCCC=C1CCC(c2cc3cc(C(F)(F)F)ccc3o2)O1. The second-order valence-electron chi connectivity index (χ2n) is 6.32. The van der Waals surface area contributed by atoms with E-state index in [9.17, 15) is 23.2 Å². The molecule has 3 rings (SSSR count). The molecule has 0 spiro atoms. The number of ether oxygens (including phenoxy) is 1. The quantitative estimate of drug-likeness (QED) is 0.443. The van der Waals surface area contributed by atoms with Gasteiger partial charge in [-0.1, -0.05) is 0 Å². The van der Waals surface area contributed by atoms with Crippen LogP contribution in [0.25, 0.3) is 11.0 Å². The lowest BCUT2D eigenvalue weighted by Gasteiger charge is -2.10. The number of urea groups is 1. The molecule has 27 heavy (non-hydrogen) atoms. The summed E-state index contributed by atoms with van der Waals surface area (Å²) in [5.41, 5.74) is 4.58. The molecule has 2 aromatic rings. The zero-order valence-electron chi connectivity index (χ0n) is 14.3. The number of allylic oxidation sites excluding steroid dienone is 2. The van der Waals surface area contributed by atoms with Gasteiger partial charge in [0, 0.05) is 11.8 Å². The molecule has 0 aliphatic carbocycles. The molecule has 2 heterocycles. The number of unbranched alkanes of at least 4 members (excludes halogenated alkanes) is 1. The van der Waals surface area contributed by atoms with Crippen LogP contribution in [0.1, 0.15) is 43.1 Å². The van der Waals surface area contributed by atoms with Gasteiger partial charge >= 0.3 is 12.2 Å². The highest BCUT2D eigenvalue weighted by Crippen LogP contribution is 2.39. The van der Waals surface area contributed by atoms with Gasteiger partial charge in [0.1, 0.15) is 11.3 Å². The van der Waals surface area contributed by atoms with Crippen LogP contribution >= 0.6 is 0 Å². The molecule has 0 saturated carbocycles. The number of hydrogen-bond acceptors (Lipinski definition) is 4. The van der Waals surface area contributed by atoms with E-state index in [0.717, 1.165) is 17.9 Å². The van der Waals surface area contributed by atoms with Gasteiger partial charge in [0.25, 0.3) is 0 Å². The van der Waals surface area contributed by atoms with Crippen LogP contribution in [0.3, 0.4) is 0 Å². The van der Waals surface area contributed by atoms with Crippen LogP contribution in [0.4, 0.5) is 18.0 Å². The Morgan fingerprint density at radius 1 is 1.37 bits per heavy atom. The first-order valence-electron chi connectivity index (χ1n) is 8.46. The Kier molecular flexibility index (Phi) is 5.31. The van der Waals surface area contributed by atoms with E-state index in [1.165, 1.54) is 6.07 Å². The normalized spacial score (nSPS) is 18.8. The van der Waals surface area contributed by atoms with Crippen LogP contribution in [0.15, 0.2) is 40.5 Å². The molecule has 3 N–H and O–H groups in total. The Balaban J connectivity index is 1.61. The molecule has 1 fully saturated rings. The van der Waals surface area contributed by atoms with Gasteiger partial charge in [-0.05, 0) is 49.6 Å². The van der Waals surface area contributed by atoms with E-state index in [1.54, 1.807) is 6.07 Å². The number of nitrogens with zero attached hydrogens (tertiary/aromatic N) is 1. The number of rotatable bonds is 5. The third-order valence-corrected chi connectivity index (χ3v) is 4.33. The van der Waals surface area contributed by atoms with Crippen molar-refractivity contribution in [3.8, 4) is 0 Å². The van der Waals surface area contributed by atoms with Gasteiger partial charge in [-0.2, -0.15) is 13.2 Å². The maximum absolute atomic E-state index is 12.8. The number of furan rings is 1. The van der Waals surface area contributed by atoms with Crippen molar-refractivity contribution in [1.29, 1.82) is 0 Å². The molecule has 1 aliphatic heterocycles. The first-order chi connectivity index (χ1) is 12.7. The summed E-state index contributed by atoms with van der Waals surface area (Å²) >= 11 is 0. The maximum atomic E-state index is 12.8. The largest absolute Gasteiger partial charge is 0.487 e. The van der Waals surface area contributed by atoms with E-state index >= 15 is 0 Å². The molecule has 1 saturated heterocycles. The van der Waals surface area contributed by atoms with Crippen molar-refractivity contribution in [2.75, 3.05) is 6.54 Å². The predicted molar refractivity (Wildman–Crippen MR) is 89.7 cm³/mol. The number of hydrogen-bond donors (Lipinski definition) is 2. The van der Waals surface area contributed by atoms with Crippen molar-refractivity contribution in [1.82, 2.24) is 5.06 Å². The van der Waals surface area contributed by atoms with Crippen LogP contribution in [0.2, 0.25) is 0 Å². The van der Waals surface area contributed by atoms with Crippen molar-refractivity contribution < 1.29 is 32.3 Å². The first kappa shape index (κ1) is 19.1. The van der Waals surface area contributed by atoms with Gasteiger partial charge in [-0.15, -0.1) is 0 Å². The monoisotopic (exact) mass is 384 g/mol. The molecular formula is C18H19F3N2O4. The van der Waals surface area contributed by atoms with Gasteiger partial charge in [-0.3, -0.25) is 5.21 Å². The van der Waals surface area contributed by atoms with E-state index < -0.39 is 17.8 Å². The van der Waals surface area contributed by atoms with Crippen molar-refractivity contribution in [3.63, 3.8) is 0 Å². The molecule has 2 amide bonds. The molecule has 1 aliphatic rings. The van der Waals surface area contributed by atoms with Crippen LogP contribution in [0, 0.1) is 0 Å². The van der Waals surface area contributed by atoms with E-state index in [-0.39, 0.29) is 12.6 Å². The van der Waals surface area contributed by atoms with E-state index in [2.05, 4.69) is 0 Å². The van der Waals surface area contributed by atoms with Crippen molar-refractivity contribution in [2.45, 2.75) is 38.0 Å². The van der Waals surface area contributed by atoms with E-state index in [4.69, 9.17) is 14.9 Å². The number of halogens is 3. The molecule has 0 radical (unpaired) electrons. The number of benzene rings is 1. The first-order valence-corrected chi connectivity index (χ1v) is 8.46. The Bertz CT molecular complexity index is 860. The summed E-state index contributed by atoms with van der Waals surface area (Å²) in [6.45, 7) is 0.119. The lowest BCUT2D eigenvalue weighted by atomic mass is 10.1. The third-order valence-electron chi connectivity index (χ3n) is 4.33. The number of carbonyl (C=O) groups excluding carboxylic acids is 1. The summed E-state index contributed by atoms with van der Waals surface area (Å²) < 4.78 is 49.9. The Morgan fingerprint density at radius 2 is 2.15 bits per heavy atom. The molecule has 1 atom stereocenters. The van der Waals surface area contributed by atoms with Crippen LogP contribution in [0.5, 0.6) is 0 Å². The van der Waals surface area contributed by atoms with Gasteiger partial charge in [0.2, 0.25) is 0 Å². The van der Waals surface area contributed by atoms with Crippen molar-refractivity contribution >= 4 is 17.0 Å². The van der Waals surface area contributed by atoms with Crippen LogP contribution in [-0.2, 0) is 10.9 Å². The fraction of sp³-hybridized carbons (Fsp3) is 0.389. The summed E-state index contributed by atoms with van der Waals surface area (Å²) in [5.74, 6) is 1.24. The molecule has 1 aromatic heterocycles. The summed E-state index contributed by atoms with van der Waals surface area (Å²) in [4.78, 5) is 10.7. The average Bonchev–Trinajstić information content (AvgIpc) is 3.23. The highest BCUT2D eigenvalue weighted by molar-refractivity contribution is 5.79. The zero-order valence-corrected chi connectivity index (χ0v) is 14.3. The Morgan fingerprint density at radius 3 is 2.85 bits per heavy atom. The summed E-state index contributed by atoms with van der Waals surface area (Å²) in [5, 5.41) is 10.0. The zero-order chi connectivity index (χ0) is 19.6. The lowest BCUT2D eigenvalue weighted by molar-refractivity contribution is -0.137. The molecule has 1 aromatic carbocycles. The summed E-state index contributed by atoms with van der Waals surface area (Å²) in [6, 6.07) is 4.04. The minimum absolute atomic E-state index is 0.119. The topological polar surface area (TPSA) is 88.9 Å². The number of hydroxylamine groups is 2. The molecule has 1 unspecified atom stereocenters. The number of fused-ring (bicyclic) bond motifs is 1. The molecule has 9 heteroatoms. The van der Waals surface area contributed by atoms with Gasteiger partial charge < -0.3 is 14.9 Å². The number of amides is 2. The Labute approximate surface area is 152 Å². The van der Waals surface area contributed by atoms with Gasteiger partial charge in [0.05, 0.1) is 17.9 Å². The smallest absolute Gasteiger partial charge is 0.416 e. The lowest BCUT2D eigenvalue weighted by Crippen LogP contribution is -2.33. The highest BCUT2D eigenvalue weighted by atomic mass is 19.4. The van der Waals surface area contributed by atoms with E-state index in [0.29, 0.717) is 47.5 Å². The predicted octanol–water partition coefficient (Wildman–Crippen LogP) is 4.74. The second kappa shape index (κ2) is 7.51. The number of carbonyl (C=O) groups is 1. The maximum Gasteiger partial charge on any atom is 0.416 e. The fourth-order valence-electron chi connectivity index (χ4n) is 2.94. The molecule has 0 bridgehead atoms. The van der Waals surface area contributed by atoms with Crippen molar-refractivity contribution in [2.24, 2.45) is 5.73 Å². The standard InChI is InChI=1S/C18H19F3N2O4/c19-18(20,21)12-4-6-14-11(9-12)10-16(27-14)15-7-5-13(26-15)3-1-2-8-23(25)17(22)24/h3-4,6,9-10,15,25H,1-2,5,7-8H2,(H2,22,24).